The van der Waals surface area contributed by atoms with Gasteiger partial charge >= 0.3 is 0 Å². The molecule has 12 heteroatoms. The summed E-state index contributed by atoms with van der Waals surface area (Å²) in [4.78, 5) is 30.4. The molecule has 0 radical (unpaired) electrons. The lowest BCUT2D eigenvalue weighted by molar-refractivity contribution is -0.117. The molecule has 4 aromatic rings. The smallest absolute Gasteiger partial charge is 0.286 e. The summed E-state index contributed by atoms with van der Waals surface area (Å²) in [7, 11) is 1.59. The number of nitrogens with one attached hydrogen (secondary N) is 3. The molecule has 0 aliphatic carbocycles. The first kappa shape index (κ1) is 35.4. The Balaban J connectivity index is 1.62. The Bertz CT molecular complexity index is 1910. The Kier molecular flexibility index (Phi) is 10.8. The van der Waals surface area contributed by atoms with Gasteiger partial charge in [-0.2, -0.15) is 11.8 Å². The molecule has 0 fully saturated rings. The standard InChI is InChI=1S/C36H38F3N5O2S2/c1-35(2)14-15-36(3,22-7-5-6-21(18-22)8-11-28(45)44-46)34(40)43-33(41-4)26-19-23(9-10-27(26)37)48-32-25(13-17-47-20-35)24-12-16-42-31(24)29(38)30(32)39/h5-7,9-10,12,16,18-19,42H,8,11,13-15,17,20H2,1-4H3,(H2,40,41,43)/t36-/m1/s1. The molecule has 1 amide bonds. The Morgan fingerprint density at radius 2 is 1.88 bits per heavy atom. The number of hydrogen-bond donors (Lipinski definition) is 3. The van der Waals surface area contributed by atoms with E-state index in [4.69, 9.17) is 0 Å². The van der Waals surface area contributed by atoms with Crippen molar-refractivity contribution in [2.75, 3.05) is 18.6 Å². The maximum Gasteiger partial charge on any atom is 0.286 e. The highest BCUT2D eigenvalue weighted by Crippen LogP contribution is 2.41. The number of thioether (sulfide) groups is 1. The molecule has 252 valence electrons. The van der Waals surface area contributed by atoms with Crippen LogP contribution < -0.4 is 5.32 Å². The number of aromatic amines is 1. The minimum absolute atomic E-state index is 0.00757. The fourth-order valence-electron chi connectivity index (χ4n) is 5.92. The van der Waals surface area contributed by atoms with E-state index in [9.17, 15) is 15.1 Å². The summed E-state index contributed by atoms with van der Waals surface area (Å²) in [5.74, 6) is -1.62. The minimum Gasteiger partial charge on any atom is -0.372 e. The minimum atomic E-state index is -0.954. The number of H-pyrrole nitrogens is 1. The summed E-state index contributed by atoms with van der Waals surface area (Å²) in [6.07, 6.45) is 3.69. The molecular weight excluding hydrogens is 656 g/mol. The van der Waals surface area contributed by atoms with E-state index in [1.165, 1.54) is 18.2 Å². The average molecular weight is 694 g/mol. The van der Waals surface area contributed by atoms with Gasteiger partial charge < -0.3 is 10.3 Å². The average Bonchev–Trinajstić information content (AvgIpc) is 3.57. The van der Waals surface area contributed by atoms with E-state index in [2.05, 4.69) is 34.3 Å². The molecule has 2 heterocycles. The SMILES string of the molecule is CN/C1=N\C(=N)[C@@](C)(c2cccc(CCC(=O)N=O)c2)CCC(C)(C)CSCCc2c(c(F)c(F)c3[nH]ccc23)Sc2ccc(F)c1c2. The predicted molar refractivity (Wildman–Crippen MR) is 189 cm³/mol. The van der Waals surface area contributed by atoms with Crippen molar-refractivity contribution >= 4 is 52.0 Å². The first-order valence-corrected chi connectivity index (χ1v) is 17.7. The van der Waals surface area contributed by atoms with Gasteiger partial charge in [0.05, 0.1) is 21.4 Å². The molecule has 0 saturated carbocycles. The van der Waals surface area contributed by atoms with Gasteiger partial charge in [-0.25, -0.2) is 18.2 Å². The van der Waals surface area contributed by atoms with Gasteiger partial charge in [0.15, 0.2) is 11.6 Å². The van der Waals surface area contributed by atoms with Gasteiger partial charge in [-0.05, 0) is 90.5 Å². The topological polar surface area (TPSA) is 111 Å². The number of aliphatic imine (C=N–C) groups is 1. The molecule has 1 aliphatic heterocycles. The zero-order valence-electron chi connectivity index (χ0n) is 27.3. The third-order valence-corrected chi connectivity index (χ3v) is 11.5. The van der Waals surface area contributed by atoms with Gasteiger partial charge in [0.1, 0.15) is 17.5 Å². The highest BCUT2D eigenvalue weighted by atomic mass is 32.2. The number of amides is 1. The van der Waals surface area contributed by atoms with Crippen LogP contribution in [0.4, 0.5) is 13.2 Å². The summed E-state index contributed by atoms with van der Waals surface area (Å²) >= 11 is 2.78. The van der Waals surface area contributed by atoms with Crippen molar-refractivity contribution in [2.24, 2.45) is 15.6 Å². The Morgan fingerprint density at radius 3 is 2.62 bits per heavy atom. The second-order valence-electron chi connectivity index (χ2n) is 13.0. The van der Waals surface area contributed by atoms with Crippen LogP contribution in [-0.2, 0) is 23.1 Å². The Labute approximate surface area is 286 Å². The quantitative estimate of drug-likeness (QED) is 0.185. The second kappa shape index (κ2) is 14.7. The van der Waals surface area contributed by atoms with Crippen LogP contribution in [0.1, 0.15) is 62.3 Å². The second-order valence-corrected chi connectivity index (χ2v) is 15.2. The van der Waals surface area contributed by atoms with Crippen LogP contribution in [0.15, 0.2) is 74.7 Å². The first-order chi connectivity index (χ1) is 22.9. The summed E-state index contributed by atoms with van der Waals surface area (Å²) < 4.78 is 46.4. The number of benzene rings is 3. The van der Waals surface area contributed by atoms with Crippen molar-refractivity contribution in [3.05, 3.63) is 99.3 Å². The largest absolute Gasteiger partial charge is 0.372 e. The Morgan fingerprint density at radius 1 is 1.08 bits per heavy atom. The van der Waals surface area contributed by atoms with Crippen molar-refractivity contribution in [1.82, 2.24) is 10.3 Å². The number of hydrogen-bond acceptors (Lipinski definition) is 6. The van der Waals surface area contributed by atoms with Gasteiger partial charge in [-0.15, -0.1) is 4.91 Å². The van der Waals surface area contributed by atoms with Gasteiger partial charge in [-0.1, -0.05) is 49.9 Å². The fourth-order valence-corrected chi connectivity index (χ4v) is 8.18. The third kappa shape index (κ3) is 7.54. The summed E-state index contributed by atoms with van der Waals surface area (Å²) in [5, 5.41) is 15.4. The highest BCUT2D eigenvalue weighted by molar-refractivity contribution is 7.99. The zero-order chi connectivity index (χ0) is 34.6. The number of carbonyl (C=O) groups excluding carboxylic acids is 1. The van der Waals surface area contributed by atoms with Crippen molar-refractivity contribution in [2.45, 2.75) is 68.1 Å². The van der Waals surface area contributed by atoms with Crippen LogP contribution in [0.2, 0.25) is 0 Å². The van der Waals surface area contributed by atoms with Crippen LogP contribution in [-0.4, -0.2) is 41.1 Å². The van der Waals surface area contributed by atoms with E-state index >= 15 is 13.2 Å². The molecule has 0 saturated heterocycles. The summed E-state index contributed by atoms with van der Waals surface area (Å²) in [5.41, 5.74) is 1.48. The van der Waals surface area contributed by atoms with E-state index in [0.717, 1.165) is 35.1 Å². The molecule has 1 aliphatic rings. The van der Waals surface area contributed by atoms with Gasteiger partial charge in [0, 0.05) is 35.1 Å². The van der Waals surface area contributed by atoms with Crippen LogP contribution >= 0.6 is 23.5 Å². The van der Waals surface area contributed by atoms with E-state index < -0.39 is 28.8 Å². The molecule has 3 N–H and O–H groups in total. The van der Waals surface area contributed by atoms with E-state index in [1.807, 2.05) is 31.2 Å². The van der Waals surface area contributed by atoms with Crippen molar-refractivity contribution in [3.63, 3.8) is 0 Å². The monoisotopic (exact) mass is 693 g/mol. The summed E-state index contributed by atoms with van der Waals surface area (Å²) in [6.45, 7) is 6.27. The number of nitrogens with zero attached hydrogens (tertiary/aromatic N) is 2. The van der Waals surface area contributed by atoms with Gasteiger partial charge in [0.25, 0.3) is 5.91 Å². The number of nitroso groups, excluding NO2 is 1. The molecule has 3 aromatic carbocycles. The maximum absolute atomic E-state index is 15.7. The molecule has 1 atom stereocenters. The zero-order valence-corrected chi connectivity index (χ0v) is 28.9. The van der Waals surface area contributed by atoms with Crippen LogP contribution in [0.25, 0.3) is 10.9 Å². The maximum atomic E-state index is 15.7. The van der Waals surface area contributed by atoms with E-state index in [1.54, 1.807) is 31.1 Å². The lowest BCUT2D eigenvalue weighted by atomic mass is 9.73. The van der Waals surface area contributed by atoms with Crippen molar-refractivity contribution in [3.8, 4) is 0 Å². The van der Waals surface area contributed by atoms with Crippen LogP contribution in [0, 0.1) is 33.2 Å². The fraction of sp³-hybridized carbons (Fsp3) is 0.361. The molecule has 48 heavy (non-hydrogen) atoms. The first-order valence-electron chi connectivity index (χ1n) is 15.7. The lowest BCUT2D eigenvalue weighted by Gasteiger charge is -2.34. The summed E-state index contributed by atoms with van der Waals surface area (Å²) in [6, 6.07) is 13.7. The van der Waals surface area contributed by atoms with E-state index in [-0.39, 0.29) is 39.5 Å². The number of fused-ring (bicyclic) bond motifs is 5. The molecule has 2 bridgehead atoms. The number of carbonyl (C=O) groups is 1. The molecule has 0 spiro atoms. The number of aromatic nitrogens is 1. The third-order valence-electron chi connectivity index (χ3n) is 8.94. The number of amidine groups is 2. The lowest BCUT2D eigenvalue weighted by Crippen LogP contribution is -2.35. The predicted octanol–water partition coefficient (Wildman–Crippen LogP) is 8.96. The number of halogens is 3. The molecule has 5 rings (SSSR count). The van der Waals surface area contributed by atoms with Crippen molar-refractivity contribution in [1.29, 1.82) is 5.41 Å². The van der Waals surface area contributed by atoms with Crippen LogP contribution in [0.3, 0.4) is 0 Å². The van der Waals surface area contributed by atoms with E-state index in [0.29, 0.717) is 40.9 Å². The van der Waals surface area contributed by atoms with Gasteiger partial charge in [0.2, 0.25) is 0 Å². The molecular formula is C36H38F3N5O2S2. The molecule has 0 unspecified atom stereocenters. The Hall–Kier alpha value is -3.90. The van der Waals surface area contributed by atoms with Gasteiger partial charge in [-0.3, -0.25) is 10.2 Å². The molecule has 7 nitrogen and oxygen atoms in total. The molecule has 1 aromatic heterocycles. The van der Waals surface area contributed by atoms with Crippen LogP contribution in [0.5, 0.6) is 0 Å². The number of rotatable bonds is 4. The van der Waals surface area contributed by atoms with Crippen molar-refractivity contribution < 1.29 is 18.0 Å². The normalized spacial score (nSPS) is 20.0. The highest BCUT2D eigenvalue weighted by Gasteiger charge is 2.35. The number of aryl methyl sites for hydroxylation is 2.